The molecule has 0 unspecified atom stereocenters. The van der Waals surface area contributed by atoms with Crippen LogP contribution in [0.4, 0.5) is 0 Å². The maximum Gasteiger partial charge on any atom is 0.226 e. The second-order valence-electron chi connectivity index (χ2n) is 6.75. The molecule has 0 bridgehead atoms. The van der Waals surface area contributed by atoms with E-state index in [9.17, 15) is 4.79 Å². The molecule has 21 heavy (non-hydrogen) atoms. The van der Waals surface area contributed by atoms with Crippen molar-refractivity contribution in [1.82, 2.24) is 5.32 Å². The van der Waals surface area contributed by atoms with Gasteiger partial charge in [0, 0.05) is 12.0 Å². The Labute approximate surface area is 127 Å². The molecule has 0 atom stereocenters. The van der Waals surface area contributed by atoms with Gasteiger partial charge in [-0.05, 0) is 36.3 Å². The van der Waals surface area contributed by atoms with Crippen LogP contribution >= 0.6 is 0 Å². The number of amides is 1. The van der Waals surface area contributed by atoms with Crippen molar-refractivity contribution in [3.63, 3.8) is 0 Å². The number of nitrogens with one attached hydrogen (secondary N) is 1. The summed E-state index contributed by atoms with van der Waals surface area (Å²) >= 11 is 0. The van der Waals surface area contributed by atoms with E-state index >= 15 is 0 Å². The van der Waals surface area contributed by atoms with Crippen molar-refractivity contribution in [2.75, 3.05) is 0 Å². The van der Waals surface area contributed by atoms with Crippen LogP contribution in [0, 0.1) is 11.3 Å². The Morgan fingerprint density at radius 1 is 1.29 bits per heavy atom. The fourth-order valence-electron chi connectivity index (χ4n) is 3.56. The minimum Gasteiger partial charge on any atom is -0.392 e. The van der Waals surface area contributed by atoms with Gasteiger partial charge in [0.15, 0.2) is 0 Å². The van der Waals surface area contributed by atoms with E-state index in [1.165, 1.54) is 12.8 Å². The van der Waals surface area contributed by atoms with E-state index in [-0.39, 0.29) is 17.9 Å². The number of carbonyl (C=O) groups excluding carboxylic acids is 1. The van der Waals surface area contributed by atoms with Crippen molar-refractivity contribution in [3.8, 4) is 0 Å². The lowest BCUT2D eigenvalue weighted by atomic mass is 9.77. The Kier molecular flexibility index (Phi) is 5.40. The molecule has 1 aliphatic carbocycles. The van der Waals surface area contributed by atoms with E-state index < -0.39 is 0 Å². The molecule has 0 aliphatic heterocycles. The number of aliphatic hydroxyl groups excluding tert-OH is 1. The molecule has 0 saturated heterocycles. The average molecular weight is 289 g/mol. The van der Waals surface area contributed by atoms with Crippen LogP contribution in [0.3, 0.4) is 0 Å². The van der Waals surface area contributed by atoms with Gasteiger partial charge in [0.25, 0.3) is 0 Å². The summed E-state index contributed by atoms with van der Waals surface area (Å²) in [7, 11) is 0. The first-order chi connectivity index (χ1) is 10.1. The van der Waals surface area contributed by atoms with Crippen LogP contribution in [-0.4, -0.2) is 11.0 Å². The van der Waals surface area contributed by atoms with Crippen molar-refractivity contribution in [2.24, 2.45) is 11.3 Å². The first-order valence-electron chi connectivity index (χ1n) is 8.03. The quantitative estimate of drug-likeness (QED) is 0.843. The van der Waals surface area contributed by atoms with Crippen LogP contribution in [0.1, 0.15) is 57.1 Å². The largest absolute Gasteiger partial charge is 0.392 e. The van der Waals surface area contributed by atoms with Crippen LogP contribution in [0.25, 0.3) is 0 Å². The summed E-state index contributed by atoms with van der Waals surface area (Å²) in [5.41, 5.74) is 1.79. The third-order valence-corrected chi connectivity index (χ3v) is 4.47. The maximum atomic E-state index is 12.7. The number of aliphatic hydroxyl groups is 1. The molecule has 0 heterocycles. The zero-order valence-corrected chi connectivity index (χ0v) is 13.2. The maximum absolute atomic E-state index is 12.7. The topological polar surface area (TPSA) is 49.3 Å². The van der Waals surface area contributed by atoms with Crippen LogP contribution < -0.4 is 5.32 Å². The van der Waals surface area contributed by atoms with Crippen LogP contribution in [0.15, 0.2) is 24.3 Å². The SMILES string of the molecule is CC(C)CC1(C(=O)NCc2cccc(CO)c2)CCCC1. The van der Waals surface area contributed by atoms with Gasteiger partial charge in [-0.2, -0.15) is 0 Å². The minimum absolute atomic E-state index is 0.0407. The normalized spacial score (nSPS) is 17.1. The Hall–Kier alpha value is -1.35. The summed E-state index contributed by atoms with van der Waals surface area (Å²) in [6.07, 6.45) is 5.36. The van der Waals surface area contributed by atoms with Crippen LogP contribution in [0.2, 0.25) is 0 Å². The summed E-state index contributed by atoms with van der Waals surface area (Å²) in [6.45, 7) is 4.97. The molecule has 0 aromatic heterocycles. The lowest BCUT2D eigenvalue weighted by Crippen LogP contribution is -2.39. The van der Waals surface area contributed by atoms with Crippen LogP contribution in [-0.2, 0) is 17.9 Å². The summed E-state index contributed by atoms with van der Waals surface area (Å²) in [6, 6.07) is 7.75. The smallest absolute Gasteiger partial charge is 0.226 e. The second-order valence-corrected chi connectivity index (χ2v) is 6.75. The molecule has 1 fully saturated rings. The number of rotatable bonds is 6. The van der Waals surface area contributed by atoms with Crippen molar-refractivity contribution >= 4 is 5.91 Å². The molecule has 1 aromatic rings. The first-order valence-corrected chi connectivity index (χ1v) is 8.03. The minimum atomic E-state index is -0.150. The highest BCUT2D eigenvalue weighted by molar-refractivity contribution is 5.82. The molecule has 0 spiro atoms. The summed E-state index contributed by atoms with van der Waals surface area (Å²) in [4.78, 5) is 12.7. The lowest BCUT2D eigenvalue weighted by molar-refractivity contribution is -0.132. The Morgan fingerprint density at radius 3 is 2.57 bits per heavy atom. The number of hydrogen-bond acceptors (Lipinski definition) is 2. The molecule has 1 aromatic carbocycles. The number of benzene rings is 1. The van der Waals surface area contributed by atoms with E-state index in [0.717, 1.165) is 30.4 Å². The highest BCUT2D eigenvalue weighted by atomic mass is 16.3. The highest BCUT2D eigenvalue weighted by Gasteiger charge is 2.41. The van der Waals surface area contributed by atoms with Gasteiger partial charge in [0.05, 0.1) is 6.61 Å². The second kappa shape index (κ2) is 7.08. The van der Waals surface area contributed by atoms with E-state index in [2.05, 4.69) is 19.2 Å². The van der Waals surface area contributed by atoms with Gasteiger partial charge in [-0.25, -0.2) is 0 Å². The summed E-state index contributed by atoms with van der Waals surface area (Å²) in [5, 5.41) is 12.3. The molecular weight excluding hydrogens is 262 g/mol. The molecule has 3 nitrogen and oxygen atoms in total. The van der Waals surface area contributed by atoms with Crippen LogP contribution in [0.5, 0.6) is 0 Å². The highest BCUT2D eigenvalue weighted by Crippen LogP contribution is 2.43. The Morgan fingerprint density at radius 2 is 1.95 bits per heavy atom. The van der Waals surface area contributed by atoms with Gasteiger partial charge < -0.3 is 10.4 Å². The zero-order valence-electron chi connectivity index (χ0n) is 13.2. The van der Waals surface area contributed by atoms with E-state index in [0.29, 0.717) is 12.5 Å². The molecular formula is C18H27NO2. The molecule has 2 rings (SSSR count). The summed E-state index contributed by atoms with van der Waals surface area (Å²) in [5.74, 6) is 0.759. The first kappa shape index (κ1) is 16.0. The Balaban J connectivity index is 1.99. The molecule has 2 N–H and O–H groups in total. The fourth-order valence-corrected chi connectivity index (χ4v) is 3.56. The predicted molar refractivity (Wildman–Crippen MR) is 84.6 cm³/mol. The molecule has 0 radical (unpaired) electrons. The van der Waals surface area contributed by atoms with Crippen molar-refractivity contribution in [1.29, 1.82) is 0 Å². The lowest BCUT2D eigenvalue weighted by Gasteiger charge is -2.29. The van der Waals surface area contributed by atoms with Crippen molar-refractivity contribution < 1.29 is 9.90 Å². The number of hydrogen-bond donors (Lipinski definition) is 2. The fraction of sp³-hybridized carbons (Fsp3) is 0.611. The molecule has 1 aliphatic rings. The van der Waals surface area contributed by atoms with Crippen molar-refractivity contribution in [2.45, 2.75) is 59.1 Å². The van der Waals surface area contributed by atoms with Crippen molar-refractivity contribution in [3.05, 3.63) is 35.4 Å². The molecule has 116 valence electrons. The molecule has 3 heteroatoms. The molecule has 1 amide bonds. The molecule has 1 saturated carbocycles. The number of carbonyl (C=O) groups is 1. The van der Waals surface area contributed by atoms with E-state index in [1.807, 2.05) is 24.3 Å². The Bertz CT molecular complexity index is 476. The standard InChI is InChI=1S/C18H27NO2/c1-14(2)11-18(8-3-4-9-18)17(21)19-12-15-6-5-7-16(10-15)13-20/h5-7,10,14,20H,3-4,8-9,11-13H2,1-2H3,(H,19,21). The van der Waals surface area contributed by atoms with Gasteiger partial charge in [0.1, 0.15) is 0 Å². The van der Waals surface area contributed by atoms with Gasteiger partial charge in [0.2, 0.25) is 5.91 Å². The van der Waals surface area contributed by atoms with Gasteiger partial charge in [-0.3, -0.25) is 4.79 Å². The van der Waals surface area contributed by atoms with E-state index in [1.54, 1.807) is 0 Å². The third kappa shape index (κ3) is 4.07. The van der Waals surface area contributed by atoms with Gasteiger partial charge >= 0.3 is 0 Å². The average Bonchev–Trinajstić information content (AvgIpc) is 2.94. The van der Waals surface area contributed by atoms with Gasteiger partial charge in [-0.1, -0.05) is 51.0 Å². The monoisotopic (exact) mass is 289 g/mol. The zero-order chi connectivity index (χ0) is 15.3. The predicted octanol–water partition coefficient (Wildman–Crippen LogP) is 3.40. The summed E-state index contributed by atoms with van der Waals surface area (Å²) < 4.78 is 0. The van der Waals surface area contributed by atoms with Gasteiger partial charge in [-0.15, -0.1) is 0 Å². The van der Waals surface area contributed by atoms with E-state index in [4.69, 9.17) is 5.11 Å². The third-order valence-electron chi connectivity index (χ3n) is 4.47.